The van der Waals surface area contributed by atoms with Gasteiger partial charge in [0, 0.05) is 38.8 Å². The molecule has 1 saturated heterocycles. The summed E-state index contributed by atoms with van der Waals surface area (Å²) in [4.78, 5) is 18.7. The third-order valence-corrected chi connectivity index (χ3v) is 4.16. The SMILES string of the molecule is CN=C(NCCNC(=O)c1cccc(C)c1)N1CCC(C)(C)C1.I. The van der Waals surface area contributed by atoms with Crippen molar-refractivity contribution in [3.63, 3.8) is 0 Å². The van der Waals surface area contributed by atoms with E-state index in [1.165, 1.54) is 6.42 Å². The van der Waals surface area contributed by atoms with Crippen molar-refractivity contribution in [2.75, 3.05) is 33.2 Å². The van der Waals surface area contributed by atoms with E-state index in [1.807, 2.05) is 31.2 Å². The maximum Gasteiger partial charge on any atom is 0.251 e. The molecular weight excluding hydrogens is 415 g/mol. The molecule has 1 aliphatic rings. The third kappa shape index (κ3) is 5.96. The molecule has 5 nitrogen and oxygen atoms in total. The van der Waals surface area contributed by atoms with Crippen molar-refractivity contribution in [3.8, 4) is 0 Å². The average molecular weight is 444 g/mol. The molecule has 0 aliphatic carbocycles. The van der Waals surface area contributed by atoms with Crippen LogP contribution in [0.4, 0.5) is 0 Å². The van der Waals surface area contributed by atoms with Crippen molar-refractivity contribution >= 4 is 35.8 Å². The number of hydrogen-bond acceptors (Lipinski definition) is 2. The van der Waals surface area contributed by atoms with E-state index in [2.05, 4.69) is 34.4 Å². The Morgan fingerprint density at radius 2 is 2.00 bits per heavy atom. The van der Waals surface area contributed by atoms with Crippen LogP contribution >= 0.6 is 24.0 Å². The number of carbonyl (C=O) groups excluding carboxylic acids is 1. The van der Waals surface area contributed by atoms with Crippen LogP contribution in [0.25, 0.3) is 0 Å². The number of halogens is 1. The summed E-state index contributed by atoms with van der Waals surface area (Å²) in [7, 11) is 1.80. The van der Waals surface area contributed by atoms with Gasteiger partial charge in [-0.3, -0.25) is 9.79 Å². The lowest BCUT2D eigenvalue weighted by atomic mass is 9.93. The molecule has 0 radical (unpaired) electrons. The zero-order valence-corrected chi connectivity index (χ0v) is 17.4. The van der Waals surface area contributed by atoms with E-state index < -0.39 is 0 Å². The molecule has 1 aromatic carbocycles. The van der Waals surface area contributed by atoms with E-state index in [1.54, 1.807) is 7.05 Å². The first-order valence-corrected chi connectivity index (χ1v) is 8.22. The highest BCUT2D eigenvalue weighted by Gasteiger charge is 2.30. The molecule has 24 heavy (non-hydrogen) atoms. The highest BCUT2D eigenvalue weighted by Crippen LogP contribution is 2.28. The number of amides is 1. The van der Waals surface area contributed by atoms with E-state index in [4.69, 9.17) is 0 Å². The van der Waals surface area contributed by atoms with Crippen LogP contribution < -0.4 is 10.6 Å². The van der Waals surface area contributed by atoms with Crippen LogP contribution in [-0.4, -0.2) is 50.0 Å². The minimum absolute atomic E-state index is 0. The third-order valence-electron chi connectivity index (χ3n) is 4.16. The van der Waals surface area contributed by atoms with Gasteiger partial charge in [0.2, 0.25) is 0 Å². The molecule has 134 valence electrons. The van der Waals surface area contributed by atoms with Crippen molar-refractivity contribution in [2.45, 2.75) is 27.2 Å². The van der Waals surface area contributed by atoms with Crippen LogP contribution in [-0.2, 0) is 0 Å². The quantitative estimate of drug-likeness (QED) is 0.325. The smallest absolute Gasteiger partial charge is 0.251 e. The van der Waals surface area contributed by atoms with Crippen LogP contribution in [0.15, 0.2) is 29.3 Å². The van der Waals surface area contributed by atoms with Crippen LogP contribution in [0.3, 0.4) is 0 Å². The Labute approximate surface area is 162 Å². The Bertz CT molecular complexity index is 586. The molecule has 0 saturated carbocycles. The Hall–Kier alpha value is -1.31. The second kappa shape index (κ2) is 9.25. The van der Waals surface area contributed by atoms with E-state index >= 15 is 0 Å². The standard InChI is InChI=1S/C18H28N4O.HI/c1-14-6-5-7-15(12-14)16(23)20-9-10-21-17(19-4)22-11-8-18(2,3)13-22;/h5-7,12H,8-11,13H2,1-4H3,(H,19,21)(H,20,23);1H. The monoisotopic (exact) mass is 444 g/mol. The predicted molar refractivity (Wildman–Crippen MR) is 110 cm³/mol. The van der Waals surface area contributed by atoms with Gasteiger partial charge in [0.15, 0.2) is 5.96 Å². The minimum atomic E-state index is -0.0345. The van der Waals surface area contributed by atoms with Gasteiger partial charge >= 0.3 is 0 Å². The molecule has 2 rings (SSSR count). The zero-order chi connectivity index (χ0) is 16.9. The Morgan fingerprint density at radius 3 is 2.58 bits per heavy atom. The van der Waals surface area contributed by atoms with E-state index in [0.29, 0.717) is 24.1 Å². The number of benzene rings is 1. The molecule has 1 aromatic rings. The number of aryl methyl sites for hydroxylation is 1. The van der Waals surface area contributed by atoms with E-state index in [-0.39, 0.29) is 29.9 Å². The summed E-state index contributed by atoms with van der Waals surface area (Å²) in [6, 6.07) is 7.62. The highest BCUT2D eigenvalue weighted by molar-refractivity contribution is 14.0. The molecule has 0 unspecified atom stereocenters. The number of nitrogens with zero attached hydrogens (tertiary/aromatic N) is 2. The fourth-order valence-corrected chi connectivity index (χ4v) is 2.86. The van der Waals surface area contributed by atoms with Gasteiger partial charge < -0.3 is 15.5 Å². The average Bonchev–Trinajstić information content (AvgIpc) is 2.87. The summed E-state index contributed by atoms with van der Waals surface area (Å²) in [6.07, 6.45) is 1.18. The molecule has 6 heteroatoms. The molecule has 0 spiro atoms. The van der Waals surface area contributed by atoms with Gasteiger partial charge in [0.1, 0.15) is 0 Å². The number of guanidine groups is 1. The number of nitrogens with one attached hydrogen (secondary N) is 2. The molecule has 2 N–H and O–H groups in total. The zero-order valence-electron chi connectivity index (χ0n) is 15.1. The lowest BCUT2D eigenvalue weighted by molar-refractivity contribution is 0.0954. The Kier molecular flexibility index (Phi) is 7.99. The maximum atomic E-state index is 12.1. The topological polar surface area (TPSA) is 56.7 Å². The molecule has 0 bridgehead atoms. The van der Waals surface area contributed by atoms with Gasteiger partial charge in [-0.2, -0.15) is 0 Å². The van der Waals surface area contributed by atoms with E-state index in [0.717, 1.165) is 24.6 Å². The fourth-order valence-electron chi connectivity index (χ4n) is 2.86. The summed E-state index contributed by atoms with van der Waals surface area (Å²) in [5.41, 5.74) is 2.14. The predicted octanol–water partition coefficient (Wildman–Crippen LogP) is 2.65. The normalized spacial score (nSPS) is 16.5. The van der Waals surface area contributed by atoms with Crippen LogP contribution in [0, 0.1) is 12.3 Å². The van der Waals surface area contributed by atoms with Gasteiger partial charge in [0.25, 0.3) is 5.91 Å². The number of rotatable bonds is 4. The molecule has 0 aromatic heterocycles. The van der Waals surface area contributed by atoms with Gasteiger partial charge in [-0.25, -0.2) is 0 Å². The largest absolute Gasteiger partial charge is 0.354 e. The highest BCUT2D eigenvalue weighted by atomic mass is 127. The van der Waals surface area contributed by atoms with Crippen molar-refractivity contribution < 1.29 is 4.79 Å². The maximum absolute atomic E-state index is 12.1. The Balaban J connectivity index is 0.00000288. The first-order valence-electron chi connectivity index (χ1n) is 8.22. The lowest BCUT2D eigenvalue weighted by Crippen LogP contribution is -2.43. The summed E-state index contributed by atoms with van der Waals surface area (Å²) >= 11 is 0. The summed E-state index contributed by atoms with van der Waals surface area (Å²) < 4.78 is 0. The van der Waals surface area contributed by atoms with Gasteiger partial charge in [0.05, 0.1) is 0 Å². The Morgan fingerprint density at radius 1 is 1.29 bits per heavy atom. The molecule has 1 aliphatic heterocycles. The second-order valence-electron chi connectivity index (χ2n) is 6.94. The first kappa shape index (κ1) is 20.7. The number of hydrogen-bond donors (Lipinski definition) is 2. The minimum Gasteiger partial charge on any atom is -0.354 e. The van der Waals surface area contributed by atoms with Gasteiger partial charge in [-0.05, 0) is 30.9 Å². The molecule has 0 atom stereocenters. The summed E-state index contributed by atoms with van der Waals surface area (Å²) in [6.45, 7) is 9.83. The molecule has 1 fully saturated rings. The van der Waals surface area contributed by atoms with Crippen molar-refractivity contribution in [2.24, 2.45) is 10.4 Å². The number of aliphatic imine (C=N–C) groups is 1. The van der Waals surface area contributed by atoms with Crippen molar-refractivity contribution in [3.05, 3.63) is 35.4 Å². The summed E-state index contributed by atoms with van der Waals surface area (Å²) in [5.74, 6) is 0.883. The molecule has 1 heterocycles. The van der Waals surface area contributed by atoms with Crippen molar-refractivity contribution in [1.29, 1.82) is 0 Å². The van der Waals surface area contributed by atoms with Crippen molar-refractivity contribution in [1.82, 2.24) is 15.5 Å². The van der Waals surface area contributed by atoms with E-state index in [9.17, 15) is 4.79 Å². The van der Waals surface area contributed by atoms with Crippen LogP contribution in [0.1, 0.15) is 36.2 Å². The lowest BCUT2D eigenvalue weighted by Gasteiger charge is -2.23. The fraction of sp³-hybridized carbons (Fsp3) is 0.556. The summed E-state index contributed by atoms with van der Waals surface area (Å²) in [5, 5.41) is 6.27. The van der Waals surface area contributed by atoms with Crippen LogP contribution in [0.5, 0.6) is 0 Å². The van der Waals surface area contributed by atoms with Gasteiger partial charge in [-0.1, -0.05) is 31.5 Å². The number of likely N-dealkylation sites (tertiary alicyclic amines) is 1. The number of carbonyl (C=O) groups is 1. The molecule has 1 amide bonds. The van der Waals surface area contributed by atoms with Crippen LogP contribution in [0.2, 0.25) is 0 Å². The molecular formula is C18H29IN4O. The second-order valence-corrected chi connectivity index (χ2v) is 6.94. The first-order chi connectivity index (χ1) is 10.9. The van der Waals surface area contributed by atoms with Gasteiger partial charge in [-0.15, -0.1) is 24.0 Å².